The van der Waals surface area contributed by atoms with Crippen LogP contribution in [-0.4, -0.2) is 11.7 Å². The van der Waals surface area contributed by atoms with Gasteiger partial charge in [0.2, 0.25) is 0 Å². The molecule has 1 amide bonds. The summed E-state index contributed by atoms with van der Waals surface area (Å²) in [5, 5.41) is 5.96. The van der Waals surface area contributed by atoms with Crippen LogP contribution in [0.25, 0.3) is 0 Å². The Bertz CT molecular complexity index is 773. The number of hydrogen-bond acceptors (Lipinski definition) is 3. The number of ketones is 1. The standard InChI is InChI=1S/C22H26Cl2N2O2/c1-4-19(20(24)10-11-23)21(28)26-13-9-7-6-8-12-25-17-14-18(27)16-22(3,5-2)15-17/h4,6-14,25H,1,5,15-16H2,2-3H3,(H,26,28)/b7-6-,11-10+,12-8+,13-9+,20-19-. The molecule has 28 heavy (non-hydrogen) atoms. The molecule has 4 nitrogen and oxygen atoms in total. The summed E-state index contributed by atoms with van der Waals surface area (Å²) in [6, 6.07) is 0. The molecular weight excluding hydrogens is 395 g/mol. The van der Waals surface area contributed by atoms with Gasteiger partial charge in [-0.3, -0.25) is 9.59 Å². The molecule has 1 unspecified atom stereocenters. The van der Waals surface area contributed by atoms with Gasteiger partial charge in [0.05, 0.1) is 10.6 Å². The first kappa shape index (κ1) is 23.7. The van der Waals surface area contributed by atoms with Crippen LogP contribution in [0.5, 0.6) is 0 Å². The molecule has 1 rings (SSSR count). The molecule has 1 atom stereocenters. The van der Waals surface area contributed by atoms with Crippen LogP contribution < -0.4 is 10.6 Å². The van der Waals surface area contributed by atoms with Gasteiger partial charge in [-0.05, 0) is 36.5 Å². The van der Waals surface area contributed by atoms with Crippen LogP contribution in [0, 0.1) is 5.41 Å². The Kier molecular flexibility index (Phi) is 10.4. The van der Waals surface area contributed by atoms with Gasteiger partial charge < -0.3 is 10.6 Å². The number of carbonyl (C=O) groups is 2. The number of carbonyl (C=O) groups excluding carboxylic acids is 2. The summed E-state index contributed by atoms with van der Waals surface area (Å²) in [6.45, 7) is 7.80. The summed E-state index contributed by atoms with van der Waals surface area (Å²) in [7, 11) is 0. The van der Waals surface area contributed by atoms with Crippen molar-refractivity contribution in [3.05, 3.63) is 83.3 Å². The third kappa shape index (κ3) is 8.15. The minimum Gasteiger partial charge on any atom is -0.365 e. The lowest BCUT2D eigenvalue weighted by Crippen LogP contribution is -2.27. The average molecular weight is 421 g/mol. The van der Waals surface area contributed by atoms with Crippen molar-refractivity contribution in [1.82, 2.24) is 10.6 Å². The molecule has 0 radical (unpaired) electrons. The number of amides is 1. The van der Waals surface area contributed by atoms with Crippen LogP contribution in [0.15, 0.2) is 83.3 Å². The summed E-state index contributed by atoms with van der Waals surface area (Å²) < 4.78 is 0. The van der Waals surface area contributed by atoms with Crippen LogP contribution in [0.2, 0.25) is 0 Å². The van der Waals surface area contributed by atoms with Gasteiger partial charge >= 0.3 is 0 Å². The van der Waals surface area contributed by atoms with E-state index >= 15 is 0 Å². The van der Waals surface area contributed by atoms with Crippen molar-refractivity contribution in [3.8, 4) is 0 Å². The topological polar surface area (TPSA) is 58.2 Å². The molecule has 0 heterocycles. The lowest BCUT2D eigenvalue weighted by Gasteiger charge is -2.31. The van der Waals surface area contributed by atoms with Crippen molar-refractivity contribution >= 4 is 34.9 Å². The second-order valence-corrected chi connectivity index (χ2v) is 7.29. The van der Waals surface area contributed by atoms with Gasteiger partial charge in [0.1, 0.15) is 0 Å². The summed E-state index contributed by atoms with van der Waals surface area (Å²) in [5.74, 6) is -0.222. The molecular formula is C22H26Cl2N2O2. The van der Waals surface area contributed by atoms with E-state index in [0.717, 1.165) is 18.5 Å². The molecule has 0 aliphatic heterocycles. The quantitative estimate of drug-likeness (QED) is 0.389. The van der Waals surface area contributed by atoms with Crippen LogP contribution in [0.4, 0.5) is 0 Å². The van der Waals surface area contributed by atoms with E-state index in [9.17, 15) is 9.59 Å². The Labute approximate surface area is 177 Å². The lowest BCUT2D eigenvalue weighted by molar-refractivity contribution is -0.117. The van der Waals surface area contributed by atoms with Crippen LogP contribution in [-0.2, 0) is 9.59 Å². The van der Waals surface area contributed by atoms with Crippen molar-refractivity contribution in [2.24, 2.45) is 5.41 Å². The van der Waals surface area contributed by atoms with E-state index in [2.05, 4.69) is 31.1 Å². The largest absolute Gasteiger partial charge is 0.365 e. The van der Waals surface area contributed by atoms with Crippen molar-refractivity contribution in [3.63, 3.8) is 0 Å². The fraction of sp³-hybridized carbons (Fsp3) is 0.273. The maximum atomic E-state index is 12.0. The zero-order valence-electron chi connectivity index (χ0n) is 16.2. The molecule has 0 saturated heterocycles. The fourth-order valence-electron chi connectivity index (χ4n) is 2.62. The van der Waals surface area contributed by atoms with E-state index in [4.69, 9.17) is 23.2 Å². The Morgan fingerprint density at radius 3 is 2.54 bits per heavy atom. The third-order valence-electron chi connectivity index (χ3n) is 4.33. The first-order valence-corrected chi connectivity index (χ1v) is 9.75. The third-order valence-corrected chi connectivity index (χ3v) is 4.79. The molecule has 1 aliphatic carbocycles. The summed E-state index contributed by atoms with van der Waals surface area (Å²) >= 11 is 11.4. The Balaban J connectivity index is 2.50. The number of rotatable bonds is 9. The molecule has 0 saturated carbocycles. The van der Waals surface area contributed by atoms with E-state index in [1.807, 2.05) is 6.08 Å². The zero-order chi connectivity index (χ0) is 21.0. The van der Waals surface area contributed by atoms with Gasteiger partial charge in [0.25, 0.3) is 5.91 Å². The second-order valence-electron chi connectivity index (χ2n) is 6.63. The molecule has 6 heteroatoms. The SMILES string of the molecule is C=C/C(C(=O)N/C=C/C=C\C=C\NC1=CC(=O)CC(C)(CC)C1)=C(Cl)\C=C\Cl. The Hall–Kier alpha value is -2.30. The maximum Gasteiger partial charge on any atom is 0.256 e. The summed E-state index contributed by atoms with van der Waals surface area (Å²) in [5.41, 5.74) is 2.41. The van der Waals surface area contributed by atoms with Crippen LogP contribution in [0.3, 0.4) is 0 Å². The van der Waals surface area contributed by atoms with E-state index < -0.39 is 0 Å². The van der Waals surface area contributed by atoms with Gasteiger partial charge in [-0.2, -0.15) is 0 Å². The monoisotopic (exact) mass is 420 g/mol. The summed E-state index contributed by atoms with van der Waals surface area (Å²) in [6.07, 6.45) is 17.2. The summed E-state index contributed by atoms with van der Waals surface area (Å²) in [4.78, 5) is 23.8. The first-order valence-electron chi connectivity index (χ1n) is 8.93. The van der Waals surface area contributed by atoms with Crippen molar-refractivity contribution in [2.75, 3.05) is 0 Å². The van der Waals surface area contributed by atoms with Gasteiger partial charge in [-0.25, -0.2) is 0 Å². The highest BCUT2D eigenvalue weighted by atomic mass is 35.5. The maximum absolute atomic E-state index is 12.0. The average Bonchev–Trinajstić information content (AvgIpc) is 2.64. The minimum atomic E-state index is -0.385. The molecule has 0 fully saturated rings. The molecule has 0 bridgehead atoms. The zero-order valence-corrected chi connectivity index (χ0v) is 17.7. The molecule has 0 aromatic heterocycles. The fourth-order valence-corrected chi connectivity index (χ4v) is 3.04. The molecule has 1 aliphatic rings. The van der Waals surface area contributed by atoms with Crippen molar-refractivity contribution in [1.29, 1.82) is 0 Å². The minimum absolute atomic E-state index is 0.0278. The van der Waals surface area contributed by atoms with Gasteiger partial charge in [0.15, 0.2) is 5.78 Å². The predicted molar refractivity (Wildman–Crippen MR) is 117 cm³/mol. The highest BCUT2D eigenvalue weighted by molar-refractivity contribution is 6.35. The van der Waals surface area contributed by atoms with Gasteiger partial charge in [0, 0.05) is 36.1 Å². The molecule has 0 spiro atoms. The normalized spacial score (nSPS) is 21.4. The number of halogens is 2. The second kappa shape index (κ2) is 12.2. The van der Waals surface area contributed by atoms with Crippen molar-refractivity contribution in [2.45, 2.75) is 33.1 Å². The Morgan fingerprint density at radius 1 is 1.25 bits per heavy atom. The first-order chi connectivity index (χ1) is 13.3. The molecule has 150 valence electrons. The Morgan fingerprint density at radius 2 is 1.93 bits per heavy atom. The van der Waals surface area contributed by atoms with Gasteiger partial charge in [-0.15, -0.1) is 0 Å². The number of nitrogens with one attached hydrogen (secondary N) is 2. The van der Waals surface area contributed by atoms with Crippen molar-refractivity contribution < 1.29 is 9.59 Å². The molecule has 2 N–H and O–H groups in total. The van der Waals surface area contributed by atoms with Crippen LogP contribution in [0.1, 0.15) is 33.1 Å². The smallest absolute Gasteiger partial charge is 0.256 e. The van der Waals surface area contributed by atoms with E-state index in [0.29, 0.717) is 6.42 Å². The van der Waals surface area contributed by atoms with E-state index in [-0.39, 0.29) is 27.7 Å². The predicted octanol–water partition coefficient (Wildman–Crippen LogP) is 5.37. The van der Waals surface area contributed by atoms with Crippen LogP contribution >= 0.6 is 23.2 Å². The number of hydrogen-bond donors (Lipinski definition) is 2. The van der Waals surface area contributed by atoms with E-state index in [1.165, 1.54) is 23.9 Å². The molecule has 0 aromatic carbocycles. The van der Waals surface area contributed by atoms with E-state index in [1.54, 1.807) is 30.5 Å². The lowest BCUT2D eigenvalue weighted by atomic mass is 9.75. The highest BCUT2D eigenvalue weighted by Gasteiger charge is 2.29. The molecule has 0 aromatic rings. The highest BCUT2D eigenvalue weighted by Crippen LogP contribution is 2.36. The van der Waals surface area contributed by atoms with Gasteiger partial charge in [-0.1, -0.05) is 61.9 Å². The number of allylic oxidation sites excluding steroid dienone is 8.